The first kappa shape index (κ1) is 11.8. The number of halogens is 2. The van der Waals surface area contributed by atoms with E-state index >= 15 is 0 Å². The largest absolute Gasteiger partial charge is 0.420 e. The van der Waals surface area contributed by atoms with Gasteiger partial charge in [-0.2, -0.15) is 0 Å². The molecule has 1 aromatic heterocycles. The van der Waals surface area contributed by atoms with Gasteiger partial charge in [0.05, 0.1) is 11.2 Å². The minimum absolute atomic E-state index is 0.101. The molecule has 0 spiro atoms. The van der Waals surface area contributed by atoms with Crippen LogP contribution in [0.1, 0.15) is 10.5 Å². The highest BCUT2D eigenvalue weighted by Crippen LogP contribution is 2.28. The molecule has 2 aromatic rings. The van der Waals surface area contributed by atoms with Crippen molar-refractivity contribution in [2.24, 2.45) is 0 Å². The Bertz CT molecular complexity index is 546. The van der Waals surface area contributed by atoms with Crippen molar-refractivity contribution >= 4 is 29.2 Å². The van der Waals surface area contributed by atoms with Crippen LogP contribution in [0.3, 0.4) is 0 Å². The Morgan fingerprint density at radius 1 is 1.24 bits per heavy atom. The van der Waals surface area contributed by atoms with Crippen LogP contribution >= 0.6 is 23.2 Å². The Labute approximate surface area is 107 Å². The molecule has 0 unspecified atom stereocenters. The molecule has 0 amide bonds. The predicted molar refractivity (Wildman–Crippen MR) is 63.5 cm³/mol. The molecule has 0 atom stereocenters. The van der Waals surface area contributed by atoms with Crippen LogP contribution in [0.15, 0.2) is 36.8 Å². The van der Waals surface area contributed by atoms with Crippen molar-refractivity contribution in [3.63, 3.8) is 0 Å². The molecule has 2 rings (SSSR count). The summed E-state index contributed by atoms with van der Waals surface area (Å²) in [6.45, 7) is 0. The van der Waals surface area contributed by atoms with Crippen LogP contribution in [-0.4, -0.2) is 15.9 Å². The molecule has 86 valence electrons. The van der Waals surface area contributed by atoms with Gasteiger partial charge < -0.3 is 4.74 Å². The normalized spacial score (nSPS) is 10.0. The molecule has 0 radical (unpaired) electrons. The van der Waals surface area contributed by atoms with Crippen LogP contribution in [0.5, 0.6) is 5.75 Å². The number of benzene rings is 1. The summed E-state index contributed by atoms with van der Waals surface area (Å²) in [4.78, 5) is 19.2. The Balaban J connectivity index is 2.22. The Kier molecular flexibility index (Phi) is 3.56. The van der Waals surface area contributed by atoms with E-state index in [1.807, 2.05) is 0 Å². The summed E-state index contributed by atoms with van der Waals surface area (Å²) in [5.41, 5.74) is 0.101. The van der Waals surface area contributed by atoms with E-state index in [0.29, 0.717) is 10.0 Å². The molecule has 6 heteroatoms. The molecule has 0 aliphatic heterocycles. The van der Waals surface area contributed by atoms with Crippen LogP contribution in [0, 0.1) is 0 Å². The molecule has 17 heavy (non-hydrogen) atoms. The average Bonchev–Trinajstić information content (AvgIpc) is 2.35. The first-order valence-electron chi connectivity index (χ1n) is 4.60. The highest BCUT2D eigenvalue weighted by Gasteiger charge is 2.12. The summed E-state index contributed by atoms with van der Waals surface area (Å²) in [7, 11) is 0. The van der Waals surface area contributed by atoms with Gasteiger partial charge in [0.25, 0.3) is 0 Å². The monoisotopic (exact) mass is 268 g/mol. The Hall–Kier alpha value is -1.65. The molecule has 0 saturated carbocycles. The minimum Gasteiger partial charge on any atom is -0.420 e. The fraction of sp³-hybridized carbons (Fsp3) is 0. The number of rotatable bonds is 2. The van der Waals surface area contributed by atoms with Gasteiger partial charge in [-0.05, 0) is 12.1 Å². The molecular formula is C11H6Cl2N2O2. The van der Waals surface area contributed by atoms with Gasteiger partial charge in [0.15, 0.2) is 11.4 Å². The number of aromatic nitrogens is 2. The number of hydrogen-bond acceptors (Lipinski definition) is 4. The lowest BCUT2D eigenvalue weighted by Gasteiger charge is -2.05. The van der Waals surface area contributed by atoms with Gasteiger partial charge in [0.2, 0.25) is 0 Å². The fourth-order valence-electron chi connectivity index (χ4n) is 1.11. The van der Waals surface area contributed by atoms with E-state index in [1.54, 1.807) is 12.1 Å². The third kappa shape index (κ3) is 2.93. The van der Waals surface area contributed by atoms with E-state index in [0.717, 1.165) is 0 Å². The summed E-state index contributed by atoms with van der Waals surface area (Å²) < 4.78 is 5.05. The SMILES string of the molecule is O=C(Oc1cc(Cl)ccc1Cl)c1cnccn1. The highest BCUT2D eigenvalue weighted by atomic mass is 35.5. The van der Waals surface area contributed by atoms with Gasteiger partial charge in [-0.15, -0.1) is 0 Å². The summed E-state index contributed by atoms with van der Waals surface area (Å²) in [5, 5.41) is 0.725. The van der Waals surface area contributed by atoms with Gasteiger partial charge in [0.1, 0.15) is 0 Å². The fourth-order valence-corrected chi connectivity index (χ4v) is 1.43. The molecule has 0 aliphatic rings. The van der Waals surface area contributed by atoms with E-state index in [9.17, 15) is 4.79 Å². The summed E-state index contributed by atoms with van der Waals surface area (Å²) in [5.74, 6) is -0.447. The second kappa shape index (κ2) is 5.12. The molecule has 1 heterocycles. The van der Waals surface area contributed by atoms with Crippen LogP contribution < -0.4 is 4.74 Å². The first-order chi connectivity index (χ1) is 8.16. The molecular weight excluding hydrogens is 263 g/mol. The van der Waals surface area contributed by atoms with Gasteiger partial charge >= 0.3 is 5.97 Å². The number of ether oxygens (including phenoxy) is 1. The van der Waals surface area contributed by atoms with E-state index in [1.165, 1.54) is 24.7 Å². The standard InChI is InChI=1S/C11H6Cl2N2O2/c12-7-1-2-8(13)10(5-7)17-11(16)9-6-14-3-4-15-9/h1-6H. The third-order valence-electron chi connectivity index (χ3n) is 1.87. The third-order valence-corrected chi connectivity index (χ3v) is 2.42. The van der Waals surface area contributed by atoms with Crippen LogP contribution in [0.4, 0.5) is 0 Å². The number of carbonyl (C=O) groups excluding carboxylic acids is 1. The number of hydrogen-bond donors (Lipinski definition) is 0. The van der Waals surface area contributed by atoms with Crippen molar-refractivity contribution in [3.05, 3.63) is 52.5 Å². The molecule has 0 fully saturated rings. The van der Waals surface area contributed by atoms with Crippen molar-refractivity contribution in [2.75, 3.05) is 0 Å². The van der Waals surface area contributed by atoms with Gasteiger partial charge in [-0.25, -0.2) is 9.78 Å². The van der Waals surface area contributed by atoms with E-state index in [4.69, 9.17) is 27.9 Å². The molecule has 0 aliphatic carbocycles. The van der Waals surface area contributed by atoms with Crippen LogP contribution in [0.25, 0.3) is 0 Å². The maximum atomic E-state index is 11.7. The van der Waals surface area contributed by atoms with Gasteiger partial charge in [0, 0.05) is 23.5 Å². The molecule has 0 N–H and O–H groups in total. The zero-order chi connectivity index (χ0) is 12.3. The summed E-state index contributed by atoms with van der Waals surface area (Å²) in [6.07, 6.45) is 4.17. The maximum Gasteiger partial charge on any atom is 0.363 e. The second-order valence-electron chi connectivity index (χ2n) is 3.05. The maximum absolute atomic E-state index is 11.7. The number of esters is 1. The van der Waals surface area contributed by atoms with Crippen LogP contribution in [-0.2, 0) is 0 Å². The molecule has 1 aromatic carbocycles. The zero-order valence-electron chi connectivity index (χ0n) is 8.43. The lowest BCUT2D eigenvalue weighted by Crippen LogP contribution is -2.10. The highest BCUT2D eigenvalue weighted by molar-refractivity contribution is 6.34. The zero-order valence-corrected chi connectivity index (χ0v) is 9.94. The molecule has 0 saturated heterocycles. The van der Waals surface area contributed by atoms with Crippen molar-refractivity contribution < 1.29 is 9.53 Å². The number of nitrogens with zero attached hydrogens (tertiary/aromatic N) is 2. The molecule has 4 nitrogen and oxygen atoms in total. The van der Waals surface area contributed by atoms with E-state index in [-0.39, 0.29) is 11.4 Å². The lowest BCUT2D eigenvalue weighted by atomic mass is 10.3. The lowest BCUT2D eigenvalue weighted by molar-refractivity contribution is 0.0728. The topological polar surface area (TPSA) is 52.1 Å². The Morgan fingerprint density at radius 2 is 2.06 bits per heavy atom. The van der Waals surface area contributed by atoms with Gasteiger partial charge in [-0.3, -0.25) is 4.98 Å². The smallest absolute Gasteiger partial charge is 0.363 e. The average molecular weight is 269 g/mol. The molecule has 0 bridgehead atoms. The van der Waals surface area contributed by atoms with Crippen molar-refractivity contribution in [1.29, 1.82) is 0 Å². The number of carbonyl (C=O) groups is 1. The van der Waals surface area contributed by atoms with Crippen molar-refractivity contribution in [1.82, 2.24) is 9.97 Å². The first-order valence-corrected chi connectivity index (χ1v) is 5.35. The van der Waals surface area contributed by atoms with Crippen LogP contribution in [0.2, 0.25) is 10.0 Å². The van der Waals surface area contributed by atoms with Crippen molar-refractivity contribution in [3.8, 4) is 5.75 Å². The van der Waals surface area contributed by atoms with Crippen molar-refractivity contribution in [2.45, 2.75) is 0 Å². The Morgan fingerprint density at radius 3 is 2.76 bits per heavy atom. The van der Waals surface area contributed by atoms with E-state index < -0.39 is 5.97 Å². The predicted octanol–water partition coefficient (Wildman–Crippen LogP) is 3.00. The quantitative estimate of drug-likeness (QED) is 0.621. The van der Waals surface area contributed by atoms with Gasteiger partial charge in [-0.1, -0.05) is 23.2 Å². The van der Waals surface area contributed by atoms with E-state index in [2.05, 4.69) is 9.97 Å². The summed E-state index contributed by atoms with van der Waals surface area (Å²) >= 11 is 11.6. The minimum atomic E-state index is -0.637. The second-order valence-corrected chi connectivity index (χ2v) is 3.90. The summed E-state index contributed by atoms with van der Waals surface area (Å²) in [6, 6.07) is 4.60.